The molecule has 1 nitrogen and oxygen atoms in total. The van der Waals surface area contributed by atoms with Crippen LogP contribution >= 0.6 is 0 Å². The molecule has 0 aromatic carbocycles. The Morgan fingerprint density at radius 3 is 2.29 bits per heavy atom. The Labute approximate surface area is 88.5 Å². The van der Waals surface area contributed by atoms with E-state index in [2.05, 4.69) is 57.6 Å². The van der Waals surface area contributed by atoms with Crippen LogP contribution in [0.4, 0.5) is 0 Å². The van der Waals surface area contributed by atoms with Crippen molar-refractivity contribution in [2.45, 2.75) is 33.7 Å². The highest BCUT2D eigenvalue weighted by atomic mass is 15.1. The first-order valence-corrected chi connectivity index (χ1v) is 5.05. The van der Waals surface area contributed by atoms with Gasteiger partial charge < -0.3 is 4.90 Å². The van der Waals surface area contributed by atoms with E-state index in [1.54, 1.807) is 0 Å². The summed E-state index contributed by atoms with van der Waals surface area (Å²) in [6, 6.07) is 0.453. The van der Waals surface area contributed by atoms with Crippen LogP contribution < -0.4 is 0 Å². The fourth-order valence-electron chi connectivity index (χ4n) is 0.847. The molecular formula is C13H21N. The molecule has 0 radical (unpaired) electrons. The third kappa shape index (κ3) is 4.77. The molecule has 0 aromatic heterocycles. The molecule has 0 fully saturated rings. The van der Waals surface area contributed by atoms with Crippen LogP contribution in [0.15, 0.2) is 24.9 Å². The highest BCUT2D eigenvalue weighted by Crippen LogP contribution is 2.04. The molecule has 0 atom stereocenters. The molecule has 0 aliphatic rings. The van der Waals surface area contributed by atoms with Crippen molar-refractivity contribution in [3.8, 4) is 11.8 Å². The minimum atomic E-state index is 0.443. The summed E-state index contributed by atoms with van der Waals surface area (Å²) >= 11 is 0. The zero-order valence-electron chi connectivity index (χ0n) is 9.80. The number of allylic oxidation sites excluding steroid dienone is 1. The van der Waals surface area contributed by atoms with Crippen molar-refractivity contribution in [3.63, 3.8) is 0 Å². The zero-order valence-corrected chi connectivity index (χ0v) is 9.80. The molecule has 0 spiro atoms. The Hall–Kier alpha value is -1.16. The topological polar surface area (TPSA) is 3.24 Å². The van der Waals surface area contributed by atoms with Gasteiger partial charge in [0.15, 0.2) is 0 Å². The van der Waals surface area contributed by atoms with Crippen LogP contribution in [0.1, 0.15) is 27.7 Å². The van der Waals surface area contributed by atoms with Gasteiger partial charge in [-0.05, 0) is 31.5 Å². The summed E-state index contributed by atoms with van der Waals surface area (Å²) in [5.41, 5.74) is 0.998. The first-order valence-electron chi connectivity index (χ1n) is 5.05. The van der Waals surface area contributed by atoms with E-state index >= 15 is 0 Å². The lowest BCUT2D eigenvalue weighted by Crippen LogP contribution is -2.25. The van der Waals surface area contributed by atoms with E-state index in [0.717, 1.165) is 12.1 Å². The fourth-order valence-corrected chi connectivity index (χ4v) is 0.847. The summed E-state index contributed by atoms with van der Waals surface area (Å²) < 4.78 is 0. The predicted molar refractivity (Wildman–Crippen MR) is 63.8 cm³/mol. The van der Waals surface area contributed by atoms with Crippen molar-refractivity contribution in [1.29, 1.82) is 0 Å². The van der Waals surface area contributed by atoms with Crippen LogP contribution in [0.2, 0.25) is 0 Å². The van der Waals surface area contributed by atoms with Gasteiger partial charge >= 0.3 is 0 Å². The molecular weight excluding hydrogens is 170 g/mol. The van der Waals surface area contributed by atoms with Gasteiger partial charge in [-0.3, -0.25) is 0 Å². The Bertz CT molecular complexity index is 250. The highest BCUT2D eigenvalue weighted by Gasteiger charge is 2.00. The van der Waals surface area contributed by atoms with E-state index in [9.17, 15) is 0 Å². The average molecular weight is 191 g/mol. The first kappa shape index (κ1) is 12.8. The Balaban J connectivity index is 4.14. The lowest BCUT2D eigenvalue weighted by molar-refractivity contribution is 0.348. The normalized spacial score (nSPS) is 9.57. The van der Waals surface area contributed by atoms with Crippen LogP contribution in [-0.2, 0) is 0 Å². The third-order valence-electron chi connectivity index (χ3n) is 2.11. The smallest absolute Gasteiger partial charge is 0.0795 e. The summed E-state index contributed by atoms with van der Waals surface area (Å²) in [7, 11) is 0. The van der Waals surface area contributed by atoms with Gasteiger partial charge in [-0.15, -0.1) is 0 Å². The van der Waals surface area contributed by atoms with E-state index in [1.807, 2.05) is 6.20 Å². The quantitative estimate of drug-likeness (QED) is 0.617. The van der Waals surface area contributed by atoms with Gasteiger partial charge in [0, 0.05) is 6.04 Å². The maximum absolute atomic E-state index is 3.90. The lowest BCUT2D eigenvalue weighted by Gasteiger charge is -2.21. The van der Waals surface area contributed by atoms with E-state index < -0.39 is 0 Å². The number of rotatable bonds is 4. The lowest BCUT2D eigenvalue weighted by atomic mass is 10.1. The summed E-state index contributed by atoms with van der Waals surface area (Å²) in [4.78, 5) is 2.10. The van der Waals surface area contributed by atoms with Crippen molar-refractivity contribution in [2.75, 3.05) is 6.54 Å². The minimum Gasteiger partial charge on any atom is -0.365 e. The van der Waals surface area contributed by atoms with Crippen molar-refractivity contribution < 1.29 is 0 Å². The second-order valence-electron chi connectivity index (χ2n) is 3.93. The monoisotopic (exact) mass is 191 g/mol. The summed E-state index contributed by atoms with van der Waals surface area (Å²) in [5, 5.41) is 0. The maximum Gasteiger partial charge on any atom is 0.0795 e. The zero-order chi connectivity index (χ0) is 11.1. The van der Waals surface area contributed by atoms with Crippen LogP contribution in [0.5, 0.6) is 0 Å². The molecule has 0 amide bonds. The van der Waals surface area contributed by atoms with Crippen LogP contribution in [-0.4, -0.2) is 17.5 Å². The molecule has 0 N–H and O–H groups in total. The highest BCUT2D eigenvalue weighted by molar-refractivity contribution is 5.27. The van der Waals surface area contributed by atoms with Crippen molar-refractivity contribution in [1.82, 2.24) is 4.90 Å². The van der Waals surface area contributed by atoms with E-state index in [-0.39, 0.29) is 0 Å². The van der Waals surface area contributed by atoms with E-state index in [1.165, 1.54) is 0 Å². The molecule has 0 bridgehead atoms. The molecule has 14 heavy (non-hydrogen) atoms. The van der Waals surface area contributed by atoms with Gasteiger partial charge in [0.1, 0.15) is 0 Å². The van der Waals surface area contributed by atoms with Crippen LogP contribution in [0.3, 0.4) is 0 Å². The Morgan fingerprint density at radius 1 is 1.36 bits per heavy atom. The second kappa shape index (κ2) is 6.32. The van der Waals surface area contributed by atoms with Crippen molar-refractivity contribution in [2.24, 2.45) is 5.92 Å². The number of nitrogens with zero attached hydrogens (tertiary/aromatic N) is 1. The van der Waals surface area contributed by atoms with Crippen LogP contribution in [0.25, 0.3) is 0 Å². The summed E-state index contributed by atoms with van der Waals surface area (Å²) in [5.74, 6) is 6.62. The summed E-state index contributed by atoms with van der Waals surface area (Å²) in [6.07, 6.45) is 1.83. The van der Waals surface area contributed by atoms with Gasteiger partial charge in [0.05, 0.1) is 6.54 Å². The Morgan fingerprint density at radius 2 is 1.93 bits per heavy atom. The average Bonchev–Trinajstić information content (AvgIpc) is 2.11. The van der Waals surface area contributed by atoms with Crippen molar-refractivity contribution in [3.05, 3.63) is 24.9 Å². The minimum absolute atomic E-state index is 0.443. The molecule has 0 saturated carbocycles. The molecule has 0 aromatic rings. The fraction of sp³-hybridized carbons (Fsp3) is 0.538. The van der Waals surface area contributed by atoms with Crippen molar-refractivity contribution >= 4 is 0 Å². The first-order chi connectivity index (χ1) is 6.49. The van der Waals surface area contributed by atoms with Gasteiger partial charge in [0.2, 0.25) is 0 Å². The number of hydrogen-bond acceptors (Lipinski definition) is 1. The SMILES string of the molecule is C=CN(CC#CC(=C)C(C)C)C(C)C. The maximum atomic E-state index is 3.90. The molecule has 78 valence electrons. The van der Waals surface area contributed by atoms with Crippen LogP contribution in [0, 0.1) is 17.8 Å². The van der Waals surface area contributed by atoms with Gasteiger partial charge in [-0.2, -0.15) is 0 Å². The summed E-state index contributed by atoms with van der Waals surface area (Å²) in [6.45, 7) is 16.8. The standard InChI is InChI=1S/C13H21N/c1-7-14(12(4)5)10-8-9-13(6)11(2)3/h7,11-12H,1,6,10H2,2-5H3. The number of hydrogen-bond donors (Lipinski definition) is 0. The molecule has 0 aliphatic heterocycles. The molecule has 0 rings (SSSR count). The molecule has 0 saturated heterocycles. The predicted octanol–water partition coefficient (Wildman–Crippen LogP) is 3.06. The van der Waals surface area contributed by atoms with E-state index in [4.69, 9.17) is 0 Å². The van der Waals surface area contributed by atoms with E-state index in [0.29, 0.717) is 12.0 Å². The van der Waals surface area contributed by atoms with Gasteiger partial charge in [-0.25, -0.2) is 0 Å². The largest absolute Gasteiger partial charge is 0.365 e. The Kier molecular flexibility index (Phi) is 5.79. The van der Waals surface area contributed by atoms with Gasteiger partial charge in [0.25, 0.3) is 0 Å². The third-order valence-corrected chi connectivity index (χ3v) is 2.11. The second-order valence-corrected chi connectivity index (χ2v) is 3.93. The molecule has 0 aliphatic carbocycles. The molecule has 1 heteroatoms. The molecule has 0 heterocycles. The van der Waals surface area contributed by atoms with Gasteiger partial charge in [-0.1, -0.05) is 38.8 Å². The molecule has 0 unspecified atom stereocenters.